The van der Waals surface area contributed by atoms with Gasteiger partial charge in [0.1, 0.15) is 5.75 Å². The summed E-state index contributed by atoms with van der Waals surface area (Å²) >= 11 is 0. The summed E-state index contributed by atoms with van der Waals surface area (Å²) in [6.07, 6.45) is 1.93. The number of rotatable bonds is 5. The van der Waals surface area contributed by atoms with Crippen LogP contribution in [0.3, 0.4) is 0 Å². The Kier molecular flexibility index (Phi) is 3.68. The largest absolute Gasteiger partial charge is 0.426 e. The molecule has 1 aliphatic rings. The number of carbonyl (C=O) groups excluding carboxylic acids is 1. The van der Waals surface area contributed by atoms with Crippen LogP contribution in [0.1, 0.15) is 18.4 Å². The lowest BCUT2D eigenvalue weighted by Gasteiger charge is -2.09. The van der Waals surface area contributed by atoms with Gasteiger partial charge in [0.25, 0.3) is 0 Å². The van der Waals surface area contributed by atoms with E-state index in [1.54, 1.807) is 0 Å². The zero-order valence-electron chi connectivity index (χ0n) is 11.2. The van der Waals surface area contributed by atoms with E-state index in [0.717, 1.165) is 25.1 Å². The van der Waals surface area contributed by atoms with E-state index in [1.807, 2.05) is 42.5 Å². The van der Waals surface area contributed by atoms with Crippen LogP contribution in [0.2, 0.25) is 0 Å². The average molecular weight is 267 g/mol. The third-order valence-corrected chi connectivity index (χ3v) is 3.30. The number of hydrogen-bond donors (Lipinski definition) is 1. The van der Waals surface area contributed by atoms with E-state index in [2.05, 4.69) is 17.4 Å². The molecule has 0 unspecified atom stereocenters. The maximum atomic E-state index is 11.6. The predicted molar refractivity (Wildman–Crippen MR) is 78.6 cm³/mol. The van der Waals surface area contributed by atoms with Crippen LogP contribution in [0, 0.1) is 5.92 Å². The third kappa shape index (κ3) is 3.38. The first-order chi connectivity index (χ1) is 9.81. The molecule has 0 saturated heterocycles. The van der Waals surface area contributed by atoms with Crippen LogP contribution in [0.5, 0.6) is 5.75 Å². The second kappa shape index (κ2) is 5.78. The second-order valence-electron chi connectivity index (χ2n) is 5.06. The lowest BCUT2D eigenvalue weighted by Crippen LogP contribution is -2.09. The summed E-state index contributed by atoms with van der Waals surface area (Å²) in [5.41, 5.74) is 2.17. The molecule has 1 fully saturated rings. The molecule has 0 amide bonds. The highest BCUT2D eigenvalue weighted by molar-refractivity contribution is 5.77. The number of esters is 1. The minimum atomic E-state index is -0.106. The van der Waals surface area contributed by atoms with Gasteiger partial charge in [-0.25, -0.2) is 0 Å². The normalized spacial score (nSPS) is 13.8. The standard InChI is InChI=1S/C17H17NO2/c19-17(14-9-10-14)20-16-8-4-7-15(11-16)18-12-13-5-2-1-3-6-13/h1-8,11,14,18H,9-10,12H2. The summed E-state index contributed by atoms with van der Waals surface area (Å²) in [6.45, 7) is 0.751. The topological polar surface area (TPSA) is 38.3 Å². The first-order valence-electron chi connectivity index (χ1n) is 6.91. The van der Waals surface area contributed by atoms with Gasteiger partial charge in [-0.05, 0) is 30.5 Å². The van der Waals surface area contributed by atoms with Crippen molar-refractivity contribution in [3.05, 3.63) is 60.2 Å². The van der Waals surface area contributed by atoms with E-state index in [1.165, 1.54) is 5.56 Å². The van der Waals surface area contributed by atoms with Crippen LogP contribution in [-0.2, 0) is 11.3 Å². The highest BCUT2D eigenvalue weighted by atomic mass is 16.5. The van der Waals surface area contributed by atoms with E-state index in [4.69, 9.17) is 4.74 Å². The lowest BCUT2D eigenvalue weighted by molar-refractivity contribution is -0.135. The van der Waals surface area contributed by atoms with Crippen molar-refractivity contribution in [2.24, 2.45) is 5.92 Å². The first kappa shape index (κ1) is 12.7. The summed E-state index contributed by atoms with van der Waals surface area (Å²) < 4.78 is 5.35. The molecule has 1 N–H and O–H groups in total. The summed E-state index contributed by atoms with van der Waals surface area (Å²) in [4.78, 5) is 11.6. The number of nitrogens with one attached hydrogen (secondary N) is 1. The van der Waals surface area contributed by atoms with E-state index in [9.17, 15) is 4.79 Å². The molecule has 0 radical (unpaired) electrons. The van der Waals surface area contributed by atoms with Gasteiger partial charge in [0.15, 0.2) is 0 Å². The van der Waals surface area contributed by atoms with E-state index >= 15 is 0 Å². The molecule has 3 heteroatoms. The number of hydrogen-bond acceptors (Lipinski definition) is 3. The SMILES string of the molecule is O=C(Oc1cccc(NCc2ccccc2)c1)C1CC1. The van der Waals surface area contributed by atoms with Gasteiger partial charge in [-0.15, -0.1) is 0 Å². The van der Waals surface area contributed by atoms with E-state index in [0.29, 0.717) is 5.75 Å². The van der Waals surface area contributed by atoms with Crippen molar-refractivity contribution in [2.75, 3.05) is 5.32 Å². The fourth-order valence-corrected chi connectivity index (χ4v) is 1.99. The molecule has 0 heterocycles. The zero-order valence-corrected chi connectivity index (χ0v) is 11.2. The Bertz CT molecular complexity index is 591. The maximum absolute atomic E-state index is 11.6. The zero-order chi connectivity index (χ0) is 13.8. The van der Waals surface area contributed by atoms with Gasteiger partial charge in [-0.3, -0.25) is 4.79 Å². The summed E-state index contributed by atoms with van der Waals surface area (Å²) in [5.74, 6) is 0.626. The van der Waals surface area contributed by atoms with Gasteiger partial charge in [-0.2, -0.15) is 0 Å². The fourth-order valence-electron chi connectivity index (χ4n) is 1.99. The smallest absolute Gasteiger partial charge is 0.314 e. The first-order valence-corrected chi connectivity index (χ1v) is 6.91. The number of benzene rings is 2. The quantitative estimate of drug-likeness (QED) is 0.664. The van der Waals surface area contributed by atoms with E-state index < -0.39 is 0 Å². The van der Waals surface area contributed by atoms with Gasteiger partial charge >= 0.3 is 5.97 Å². The van der Waals surface area contributed by atoms with Crippen molar-refractivity contribution in [3.63, 3.8) is 0 Å². The molecular weight excluding hydrogens is 250 g/mol. The third-order valence-electron chi connectivity index (χ3n) is 3.30. The number of ether oxygens (including phenoxy) is 1. The second-order valence-corrected chi connectivity index (χ2v) is 5.06. The van der Waals surface area contributed by atoms with Crippen molar-refractivity contribution in [1.82, 2.24) is 0 Å². The molecule has 20 heavy (non-hydrogen) atoms. The Balaban J connectivity index is 1.60. The van der Waals surface area contributed by atoms with Crippen molar-refractivity contribution in [3.8, 4) is 5.75 Å². The average Bonchev–Trinajstić information content (AvgIpc) is 3.31. The molecule has 1 aliphatic carbocycles. The number of anilines is 1. The number of carbonyl (C=O) groups is 1. The highest BCUT2D eigenvalue weighted by Gasteiger charge is 2.31. The van der Waals surface area contributed by atoms with Crippen LogP contribution in [-0.4, -0.2) is 5.97 Å². The van der Waals surface area contributed by atoms with Crippen molar-refractivity contribution < 1.29 is 9.53 Å². The van der Waals surface area contributed by atoms with Crippen LogP contribution >= 0.6 is 0 Å². The molecule has 1 saturated carbocycles. The summed E-state index contributed by atoms with van der Waals surface area (Å²) in [5, 5.41) is 3.33. The maximum Gasteiger partial charge on any atom is 0.314 e. The van der Waals surface area contributed by atoms with Gasteiger partial charge in [0, 0.05) is 18.3 Å². The fraction of sp³-hybridized carbons (Fsp3) is 0.235. The Labute approximate surface area is 118 Å². The van der Waals surface area contributed by atoms with E-state index in [-0.39, 0.29) is 11.9 Å². The molecule has 3 nitrogen and oxygen atoms in total. The molecule has 0 spiro atoms. The Morgan fingerprint density at radius 2 is 1.90 bits per heavy atom. The minimum absolute atomic E-state index is 0.106. The molecule has 2 aromatic rings. The molecular formula is C17H17NO2. The monoisotopic (exact) mass is 267 g/mol. The predicted octanol–water partition coefficient (Wildman–Crippen LogP) is 3.61. The van der Waals surface area contributed by atoms with Crippen molar-refractivity contribution >= 4 is 11.7 Å². The van der Waals surface area contributed by atoms with Crippen molar-refractivity contribution in [2.45, 2.75) is 19.4 Å². The lowest BCUT2D eigenvalue weighted by atomic mass is 10.2. The van der Waals surface area contributed by atoms with Crippen LogP contribution in [0.15, 0.2) is 54.6 Å². The summed E-state index contributed by atoms with van der Waals surface area (Å²) in [6, 6.07) is 17.7. The summed E-state index contributed by atoms with van der Waals surface area (Å²) in [7, 11) is 0. The molecule has 3 rings (SSSR count). The Morgan fingerprint density at radius 3 is 2.65 bits per heavy atom. The Hall–Kier alpha value is -2.29. The Morgan fingerprint density at radius 1 is 1.10 bits per heavy atom. The molecule has 0 aliphatic heterocycles. The molecule has 102 valence electrons. The van der Waals surface area contributed by atoms with Crippen LogP contribution in [0.25, 0.3) is 0 Å². The van der Waals surface area contributed by atoms with Gasteiger partial charge in [0.2, 0.25) is 0 Å². The van der Waals surface area contributed by atoms with Crippen LogP contribution in [0.4, 0.5) is 5.69 Å². The highest BCUT2D eigenvalue weighted by Crippen LogP contribution is 2.31. The van der Waals surface area contributed by atoms with Crippen molar-refractivity contribution in [1.29, 1.82) is 0 Å². The van der Waals surface area contributed by atoms with Crippen LogP contribution < -0.4 is 10.1 Å². The molecule has 2 aromatic carbocycles. The molecule has 0 aromatic heterocycles. The van der Waals surface area contributed by atoms with Gasteiger partial charge in [0.05, 0.1) is 5.92 Å². The van der Waals surface area contributed by atoms with Gasteiger partial charge < -0.3 is 10.1 Å². The molecule has 0 atom stereocenters. The van der Waals surface area contributed by atoms with Gasteiger partial charge in [-0.1, -0.05) is 36.4 Å². The minimum Gasteiger partial charge on any atom is -0.426 e. The molecule has 0 bridgehead atoms.